The lowest BCUT2D eigenvalue weighted by atomic mass is 9.97. The Morgan fingerprint density at radius 3 is 3.05 bits per heavy atom. The molecule has 104 valence electrons. The fourth-order valence-corrected chi connectivity index (χ4v) is 2.46. The minimum atomic E-state index is 0.782. The summed E-state index contributed by atoms with van der Waals surface area (Å²) in [5.41, 5.74) is 1.57. The van der Waals surface area contributed by atoms with Crippen LogP contribution < -0.4 is 5.32 Å². The Bertz CT molecular complexity index is 574. The molecule has 0 aromatic carbocycles. The Balaban J connectivity index is 1.58. The first kappa shape index (κ1) is 12.8. The Morgan fingerprint density at radius 1 is 1.25 bits per heavy atom. The smallest absolute Gasteiger partial charge is 0.158 e. The highest BCUT2D eigenvalue weighted by molar-refractivity contribution is 5.40. The van der Waals surface area contributed by atoms with Crippen molar-refractivity contribution >= 4 is 5.82 Å². The second kappa shape index (κ2) is 6.32. The quantitative estimate of drug-likeness (QED) is 0.848. The van der Waals surface area contributed by atoms with Gasteiger partial charge in [-0.3, -0.25) is 0 Å². The molecule has 2 aromatic rings. The highest BCUT2D eigenvalue weighted by Crippen LogP contribution is 2.20. The molecule has 0 aliphatic heterocycles. The molecule has 2 aromatic heterocycles. The molecule has 0 bridgehead atoms. The van der Waals surface area contributed by atoms with Crippen LogP contribution in [0.1, 0.15) is 32.1 Å². The largest absolute Gasteiger partial charge is 0.370 e. The summed E-state index contributed by atoms with van der Waals surface area (Å²) in [5, 5.41) is 7.53. The molecular weight excluding hydrogens is 250 g/mol. The van der Waals surface area contributed by atoms with E-state index in [9.17, 15) is 0 Å². The molecule has 0 unspecified atom stereocenters. The number of anilines is 1. The molecule has 3 rings (SSSR count). The van der Waals surface area contributed by atoms with Gasteiger partial charge in [-0.1, -0.05) is 11.6 Å². The molecule has 1 aliphatic rings. The van der Waals surface area contributed by atoms with Gasteiger partial charge in [-0.05, 0) is 38.2 Å². The van der Waals surface area contributed by atoms with Gasteiger partial charge in [0.05, 0.1) is 0 Å². The summed E-state index contributed by atoms with van der Waals surface area (Å²) in [6.45, 7) is 0.918. The molecule has 5 nitrogen and oxygen atoms in total. The van der Waals surface area contributed by atoms with Crippen molar-refractivity contribution in [3.05, 3.63) is 42.5 Å². The molecule has 5 heteroatoms. The van der Waals surface area contributed by atoms with Crippen molar-refractivity contribution in [3.63, 3.8) is 0 Å². The van der Waals surface area contributed by atoms with E-state index >= 15 is 0 Å². The third-order valence-electron chi connectivity index (χ3n) is 3.53. The molecule has 1 aliphatic carbocycles. The number of allylic oxidation sites excluding steroid dienone is 1. The number of hydrogen-bond acceptors (Lipinski definition) is 4. The van der Waals surface area contributed by atoms with E-state index in [1.54, 1.807) is 22.8 Å². The second-order valence-corrected chi connectivity index (χ2v) is 5.00. The van der Waals surface area contributed by atoms with E-state index < -0.39 is 0 Å². The average molecular weight is 269 g/mol. The molecule has 20 heavy (non-hydrogen) atoms. The molecule has 0 spiro atoms. The first-order chi connectivity index (χ1) is 9.92. The van der Waals surface area contributed by atoms with E-state index in [0.717, 1.165) is 24.6 Å². The number of hydrogen-bond donors (Lipinski definition) is 1. The molecule has 1 N–H and O–H groups in total. The first-order valence-corrected chi connectivity index (χ1v) is 7.16. The zero-order valence-corrected chi connectivity index (χ0v) is 11.5. The van der Waals surface area contributed by atoms with Gasteiger partial charge in [-0.15, -0.1) is 0 Å². The van der Waals surface area contributed by atoms with Crippen LogP contribution in [0.5, 0.6) is 0 Å². The van der Waals surface area contributed by atoms with E-state index in [1.807, 2.05) is 18.3 Å². The highest BCUT2D eigenvalue weighted by Gasteiger charge is 2.04. The normalized spacial score (nSPS) is 14.9. The van der Waals surface area contributed by atoms with E-state index in [0.29, 0.717) is 0 Å². The second-order valence-electron chi connectivity index (χ2n) is 5.00. The van der Waals surface area contributed by atoms with Crippen LogP contribution >= 0.6 is 0 Å². The van der Waals surface area contributed by atoms with Gasteiger partial charge < -0.3 is 5.32 Å². The Hall–Kier alpha value is -2.17. The lowest BCUT2D eigenvalue weighted by molar-refractivity contribution is 0.679. The van der Waals surface area contributed by atoms with Crippen molar-refractivity contribution in [1.82, 2.24) is 19.7 Å². The molecule has 0 saturated carbocycles. The highest BCUT2D eigenvalue weighted by atomic mass is 15.3. The van der Waals surface area contributed by atoms with Crippen LogP contribution in [0.2, 0.25) is 0 Å². The molecule has 0 atom stereocenters. The molecule has 0 amide bonds. The third-order valence-corrected chi connectivity index (χ3v) is 3.53. The van der Waals surface area contributed by atoms with Crippen LogP contribution in [-0.4, -0.2) is 26.3 Å². The fraction of sp³-hybridized carbons (Fsp3) is 0.400. The van der Waals surface area contributed by atoms with E-state index in [4.69, 9.17) is 0 Å². The van der Waals surface area contributed by atoms with Gasteiger partial charge in [0.25, 0.3) is 0 Å². The summed E-state index contributed by atoms with van der Waals surface area (Å²) in [4.78, 5) is 8.47. The van der Waals surface area contributed by atoms with Gasteiger partial charge >= 0.3 is 0 Å². The molecule has 0 radical (unpaired) electrons. The van der Waals surface area contributed by atoms with E-state index in [-0.39, 0.29) is 0 Å². The maximum atomic E-state index is 4.25. The van der Waals surface area contributed by atoms with Gasteiger partial charge in [-0.25, -0.2) is 14.6 Å². The SMILES string of the molecule is C1=C(CCNc2cc(-n3cccn3)ncn2)CCCC1. The molecule has 0 fully saturated rings. The van der Waals surface area contributed by atoms with Crippen LogP contribution in [0.3, 0.4) is 0 Å². The van der Waals surface area contributed by atoms with Gasteiger partial charge in [0, 0.05) is 25.0 Å². The molecule has 2 heterocycles. The van der Waals surface area contributed by atoms with Crippen molar-refractivity contribution in [1.29, 1.82) is 0 Å². The standard InChI is InChI=1S/C15H19N5/c1-2-5-13(6-3-1)7-9-16-14-11-15(18-12-17-14)20-10-4-8-19-20/h4-5,8,10-12H,1-3,6-7,9H2,(H,16,17,18). The minimum Gasteiger partial charge on any atom is -0.370 e. The van der Waals surface area contributed by atoms with Crippen molar-refractivity contribution in [3.8, 4) is 5.82 Å². The predicted octanol–water partition coefficient (Wildman–Crippen LogP) is 2.96. The van der Waals surface area contributed by atoms with Crippen LogP contribution in [-0.2, 0) is 0 Å². The van der Waals surface area contributed by atoms with Crippen LogP contribution in [0.4, 0.5) is 5.82 Å². The zero-order valence-electron chi connectivity index (χ0n) is 11.5. The van der Waals surface area contributed by atoms with Crippen molar-refractivity contribution in [2.45, 2.75) is 32.1 Å². The summed E-state index contributed by atoms with van der Waals surface area (Å²) >= 11 is 0. The van der Waals surface area contributed by atoms with Crippen LogP contribution in [0, 0.1) is 0 Å². The maximum Gasteiger partial charge on any atom is 0.158 e. The minimum absolute atomic E-state index is 0.782. The summed E-state index contributed by atoms with van der Waals surface area (Å²) in [6, 6.07) is 3.80. The van der Waals surface area contributed by atoms with Gasteiger partial charge in [0.15, 0.2) is 5.82 Å². The summed E-state index contributed by atoms with van der Waals surface area (Å²) in [6.07, 6.45) is 13.8. The number of rotatable bonds is 5. The Labute approximate surface area is 118 Å². The van der Waals surface area contributed by atoms with Gasteiger partial charge in [-0.2, -0.15) is 5.10 Å². The van der Waals surface area contributed by atoms with Gasteiger partial charge in [0.2, 0.25) is 0 Å². The number of nitrogens with zero attached hydrogens (tertiary/aromatic N) is 4. The monoisotopic (exact) mass is 269 g/mol. The van der Waals surface area contributed by atoms with E-state index in [2.05, 4.69) is 26.5 Å². The van der Waals surface area contributed by atoms with Crippen molar-refractivity contribution < 1.29 is 0 Å². The van der Waals surface area contributed by atoms with Gasteiger partial charge in [0.1, 0.15) is 12.1 Å². The summed E-state index contributed by atoms with van der Waals surface area (Å²) in [7, 11) is 0. The van der Waals surface area contributed by atoms with Crippen LogP contribution in [0.15, 0.2) is 42.5 Å². The summed E-state index contributed by atoms with van der Waals surface area (Å²) < 4.78 is 1.73. The predicted molar refractivity (Wildman–Crippen MR) is 78.8 cm³/mol. The average Bonchev–Trinajstić information content (AvgIpc) is 3.03. The third kappa shape index (κ3) is 3.23. The molecular formula is C15H19N5. The number of nitrogens with one attached hydrogen (secondary N) is 1. The number of aromatic nitrogens is 4. The lowest BCUT2D eigenvalue weighted by Gasteiger charge is -2.13. The van der Waals surface area contributed by atoms with Crippen molar-refractivity contribution in [2.24, 2.45) is 0 Å². The van der Waals surface area contributed by atoms with Crippen molar-refractivity contribution in [2.75, 3.05) is 11.9 Å². The Morgan fingerprint density at radius 2 is 2.25 bits per heavy atom. The summed E-state index contributed by atoms with van der Waals surface area (Å²) in [5.74, 6) is 1.63. The Kier molecular flexibility index (Phi) is 4.06. The van der Waals surface area contributed by atoms with E-state index in [1.165, 1.54) is 25.7 Å². The molecule has 0 saturated heterocycles. The topological polar surface area (TPSA) is 55.6 Å². The lowest BCUT2D eigenvalue weighted by Crippen LogP contribution is -2.07. The maximum absolute atomic E-state index is 4.25. The van der Waals surface area contributed by atoms with Crippen LogP contribution in [0.25, 0.3) is 5.82 Å². The zero-order chi connectivity index (χ0) is 13.6. The fourth-order valence-electron chi connectivity index (χ4n) is 2.46. The first-order valence-electron chi connectivity index (χ1n) is 7.16.